The molecule has 0 atom stereocenters. The van der Waals surface area contributed by atoms with Crippen LogP contribution in [0.3, 0.4) is 0 Å². The zero-order valence-corrected chi connectivity index (χ0v) is 10.1. The quantitative estimate of drug-likeness (QED) is 0.738. The second kappa shape index (κ2) is 7.01. The molecule has 0 heterocycles. The maximum atomic E-state index is 13.0. The summed E-state index contributed by atoms with van der Waals surface area (Å²) in [7, 11) is 0. The Morgan fingerprint density at radius 2 is 2.24 bits per heavy atom. The average Bonchev–Trinajstić information content (AvgIpc) is 2.31. The third-order valence-electron chi connectivity index (χ3n) is 2.57. The Morgan fingerprint density at radius 3 is 2.88 bits per heavy atom. The number of aryl methyl sites for hydroxylation is 2. The summed E-state index contributed by atoms with van der Waals surface area (Å²) in [6.07, 6.45) is 1.85. The molecule has 3 nitrogen and oxygen atoms in total. The summed E-state index contributed by atoms with van der Waals surface area (Å²) in [6, 6.07) is 4.94. The van der Waals surface area contributed by atoms with Crippen LogP contribution in [0.4, 0.5) is 4.39 Å². The van der Waals surface area contributed by atoms with Crippen molar-refractivity contribution in [2.75, 3.05) is 13.1 Å². The molecular formula is C13H19FN2O. The minimum absolute atomic E-state index is 0.0143. The molecule has 0 aliphatic rings. The molecule has 0 saturated carbocycles. The molecule has 0 unspecified atom stereocenters. The highest BCUT2D eigenvalue weighted by Gasteiger charge is 2.03. The van der Waals surface area contributed by atoms with Crippen LogP contribution >= 0.6 is 0 Å². The van der Waals surface area contributed by atoms with E-state index in [1.807, 2.05) is 0 Å². The van der Waals surface area contributed by atoms with Gasteiger partial charge in [0, 0.05) is 13.0 Å². The smallest absolute Gasteiger partial charge is 0.220 e. The van der Waals surface area contributed by atoms with Gasteiger partial charge in [-0.05, 0) is 43.5 Å². The van der Waals surface area contributed by atoms with E-state index in [0.29, 0.717) is 31.5 Å². The van der Waals surface area contributed by atoms with Crippen molar-refractivity contribution in [1.29, 1.82) is 0 Å². The zero-order valence-electron chi connectivity index (χ0n) is 10.1. The van der Waals surface area contributed by atoms with Crippen LogP contribution in [0.1, 0.15) is 24.0 Å². The number of nitrogens with two attached hydrogens (primary N) is 1. The summed E-state index contributed by atoms with van der Waals surface area (Å²) >= 11 is 0. The Labute approximate surface area is 101 Å². The van der Waals surface area contributed by atoms with Crippen LogP contribution in [0.2, 0.25) is 0 Å². The van der Waals surface area contributed by atoms with Gasteiger partial charge in [-0.25, -0.2) is 4.39 Å². The lowest BCUT2D eigenvalue weighted by atomic mass is 10.1. The number of amides is 1. The first-order valence-corrected chi connectivity index (χ1v) is 5.85. The summed E-state index contributed by atoms with van der Waals surface area (Å²) in [6.45, 7) is 2.93. The van der Waals surface area contributed by atoms with E-state index in [-0.39, 0.29) is 11.7 Å². The fourth-order valence-corrected chi connectivity index (χ4v) is 1.54. The SMILES string of the molecule is Cc1cc(CCC(=O)NCCCN)ccc1F. The molecule has 1 amide bonds. The maximum Gasteiger partial charge on any atom is 0.220 e. The third kappa shape index (κ3) is 4.95. The Bertz CT molecular complexity index is 380. The zero-order chi connectivity index (χ0) is 12.7. The molecule has 0 spiro atoms. The van der Waals surface area contributed by atoms with Crippen molar-refractivity contribution in [2.24, 2.45) is 5.73 Å². The van der Waals surface area contributed by atoms with E-state index in [4.69, 9.17) is 5.73 Å². The van der Waals surface area contributed by atoms with Crippen LogP contribution in [-0.2, 0) is 11.2 Å². The second-order valence-corrected chi connectivity index (χ2v) is 4.08. The van der Waals surface area contributed by atoms with E-state index >= 15 is 0 Å². The molecule has 4 heteroatoms. The van der Waals surface area contributed by atoms with Gasteiger partial charge in [-0.1, -0.05) is 12.1 Å². The first-order valence-electron chi connectivity index (χ1n) is 5.85. The van der Waals surface area contributed by atoms with Crippen molar-refractivity contribution >= 4 is 5.91 Å². The van der Waals surface area contributed by atoms with Crippen molar-refractivity contribution in [3.05, 3.63) is 35.1 Å². The van der Waals surface area contributed by atoms with Gasteiger partial charge in [0.15, 0.2) is 0 Å². The number of carbonyl (C=O) groups excluding carboxylic acids is 1. The highest BCUT2D eigenvalue weighted by Crippen LogP contribution is 2.10. The predicted molar refractivity (Wildman–Crippen MR) is 66.1 cm³/mol. The molecule has 0 bridgehead atoms. The summed E-state index contributed by atoms with van der Waals surface area (Å²) in [5.74, 6) is -0.193. The molecule has 0 aliphatic carbocycles. The second-order valence-electron chi connectivity index (χ2n) is 4.08. The van der Waals surface area contributed by atoms with Crippen molar-refractivity contribution in [2.45, 2.75) is 26.2 Å². The van der Waals surface area contributed by atoms with E-state index in [1.54, 1.807) is 19.1 Å². The molecule has 0 fully saturated rings. The van der Waals surface area contributed by atoms with Crippen LogP contribution in [-0.4, -0.2) is 19.0 Å². The highest BCUT2D eigenvalue weighted by atomic mass is 19.1. The van der Waals surface area contributed by atoms with E-state index < -0.39 is 0 Å². The molecule has 17 heavy (non-hydrogen) atoms. The molecule has 0 aromatic heterocycles. The van der Waals surface area contributed by atoms with Crippen LogP contribution in [0.25, 0.3) is 0 Å². The van der Waals surface area contributed by atoms with Gasteiger partial charge in [0.2, 0.25) is 5.91 Å². The molecule has 0 radical (unpaired) electrons. The molecule has 3 N–H and O–H groups in total. The van der Waals surface area contributed by atoms with Crippen LogP contribution < -0.4 is 11.1 Å². The van der Waals surface area contributed by atoms with Crippen LogP contribution in [0.5, 0.6) is 0 Å². The van der Waals surface area contributed by atoms with Gasteiger partial charge < -0.3 is 11.1 Å². The number of carbonyl (C=O) groups is 1. The Kier molecular flexibility index (Phi) is 5.63. The lowest BCUT2D eigenvalue weighted by Gasteiger charge is -2.05. The Morgan fingerprint density at radius 1 is 1.47 bits per heavy atom. The number of rotatable bonds is 6. The minimum Gasteiger partial charge on any atom is -0.356 e. The average molecular weight is 238 g/mol. The summed E-state index contributed by atoms with van der Waals surface area (Å²) in [4.78, 5) is 11.4. The van der Waals surface area contributed by atoms with Gasteiger partial charge in [-0.3, -0.25) is 4.79 Å². The van der Waals surface area contributed by atoms with E-state index in [9.17, 15) is 9.18 Å². The number of benzene rings is 1. The molecule has 1 aromatic rings. The summed E-state index contributed by atoms with van der Waals surface area (Å²) < 4.78 is 13.0. The fraction of sp³-hybridized carbons (Fsp3) is 0.462. The molecule has 94 valence electrons. The van der Waals surface area contributed by atoms with Gasteiger partial charge in [-0.15, -0.1) is 0 Å². The molecular weight excluding hydrogens is 219 g/mol. The summed E-state index contributed by atoms with van der Waals surface area (Å²) in [5.41, 5.74) is 6.92. The first-order chi connectivity index (χ1) is 8.13. The number of halogens is 1. The van der Waals surface area contributed by atoms with Gasteiger partial charge in [0.1, 0.15) is 5.82 Å². The third-order valence-corrected chi connectivity index (χ3v) is 2.57. The van der Waals surface area contributed by atoms with E-state index in [2.05, 4.69) is 5.32 Å². The van der Waals surface area contributed by atoms with E-state index in [1.165, 1.54) is 6.07 Å². The lowest BCUT2D eigenvalue weighted by molar-refractivity contribution is -0.121. The van der Waals surface area contributed by atoms with Gasteiger partial charge in [0.05, 0.1) is 0 Å². The van der Waals surface area contributed by atoms with Gasteiger partial charge in [0.25, 0.3) is 0 Å². The van der Waals surface area contributed by atoms with Crippen molar-refractivity contribution < 1.29 is 9.18 Å². The number of hydrogen-bond acceptors (Lipinski definition) is 2. The minimum atomic E-state index is -0.207. The Hall–Kier alpha value is -1.42. The van der Waals surface area contributed by atoms with Crippen LogP contribution in [0.15, 0.2) is 18.2 Å². The molecule has 0 saturated heterocycles. The monoisotopic (exact) mass is 238 g/mol. The maximum absolute atomic E-state index is 13.0. The number of hydrogen-bond donors (Lipinski definition) is 2. The Balaban J connectivity index is 2.34. The summed E-state index contributed by atoms with van der Waals surface area (Å²) in [5, 5.41) is 2.79. The van der Waals surface area contributed by atoms with Crippen molar-refractivity contribution in [3.8, 4) is 0 Å². The van der Waals surface area contributed by atoms with Crippen molar-refractivity contribution in [3.63, 3.8) is 0 Å². The fourth-order valence-electron chi connectivity index (χ4n) is 1.54. The largest absolute Gasteiger partial charge is 0.356 e. The topological polar surface area (TPSA) is 55.1 Å². The predicted octanol–water partition coefficient (Wildman–Crippen LogP) is 1.53. The standard InChI is InChI=1S/C13H19FN2O/c1-10-9-11(3-5-12(10)14)4-6-13(17)16-8-2-7-15/h3,5,9H,2,4,6-8,15H2,1H3,(H,16,17). The highest BCUT2D eigenvalue weighted by molar-refractivity contribution is 5.76. The van der Waals surface area contributed by atoms with Crippen LogP contribution in [0, 0.1) is 12.7 Å². The molecule has 0 aliphatic heterocycles. The molecule has 1 aromatic carbocycles. The van der Waals surface area contributed by atoms with E-state index in [0.717, 1.165) is 12.0 Å². The van der Waals surface area contributed by atoms with Crippen molar-refractivity contribution in [1.82, 2.24) is 5.32 Å². The van der Waals surface area contributed by atoms with Gasteiger partial charge >= 0.3 is 0 Å². The lowest BCUT2D eigenvalue weighted by Crippen LogP contribution is -2.26. The number of nitrogens with one attached hydrogen (secondary N) is 1. The first kappa shape index (κ1) is 13.6. The molecule has 1 rings (SSSR count). The normalized spacial score (nSPS) is 10.3. The van der Waals surface area contributed by atoms with Gasteiger partial charge in [-0.2, -0.15) is 0 Å².